The maximum Gasteiger partial charge on any atom is 0.310 e. The minimum atomic E-state index is -3.52. The molecule has 1 amide bonds. The van der Waals surface area contributed by atoms with E-state index in [1.165, 1.54) is 41.6 Å². The molecule has 33 heavy (non-hydrogen) atoms. The molecule has 0 spiro atoms. The minimum absolute atomic E-state index is 0.0696. The van der Waals surface area contributed by atoms with Crippen molar-refractivity contribution in [2.45, 2.75) is 57.1 Å². The molecular weight excluding hydrogens is 464 g/mol. The first-order chi connectivity index (χ1) is 15.7. The molecule has 1 aliphatic heterocycles. The summed E-state index contributed by atoms with van der Waals surface area (Å²) in [5.74, 6) is -1.04. The van der Waals surface area contributed by atoms with E-state index < -0.39 is 22.1 Å². The second-order valence-electron chi connectivity index (χ2n) is 7.96. The van der Waals surface area contributed by atoms with Crippen LogP contribution in [0.25, 0.3) is 0 Å². The Balaban J connectivity index is 1.54. The molecule has 2 heterocycles. The van der Waals surface area contributed by atoms with Gasteiger partial charge >= 0.3 is 5.97 Å². The molecule has 8 nitrogen and oxygen atoms in total. The average Bonchev–Trinajstić information content (AvgIpc) is 3.27. The monoisotopic (exact) mass is 492 g/mol. The Morgan fingerprint density at radius 3 is 2.36 bits per heavy atom. The lowest BCUT2D eigenvalue weighted by atomic mass is 10.1. The topological polar surface area (TPSA) is 110 Å². The molecule has 1 aliphatic rings. The van der Waals surface area contributed by atoms with Crippen molar-refractivity contribution in [3.05, 3.63) is 51.7 Å². The van der Waals surface area contributed by atoms with Crippen LogP contribution in [0, 0.1) is 0 Å². The molecule has 178 valence electrons. The second-order valence-corrected chi connectivity index (χ2v) is 11.1. The number of nitrogens with zero attached hydrogens (tertiary/aromatic N) is 1. The Morgan fingerprint density at radius 2 is 1.73 bits per heavy atom. The maximum atomic E-state index is 12.7. The highest BCUT2D eigenvalue weighted by molar-refractivity contribution is 7.89. The number of ketones is 1. The van der Waals surface area contributed by atoms with Gasteiger partial charge in [0.15, 0.2) is 6.10 Å². The fourth-order valence-corrected chi connectivity index (χ4v) is 5.99. The highest BCUT2D eigenvalue weighted by Gasteiger charge is 2.26. The van der Waals surface area contributed by atoms with Crippen molar-refractivity contribution in [1.82, 2.24) is 9.62 Å². The van der Waals surface area contributed by atoms with E-state index in [-0.39, 0.29) is 23.0 Å². The Morgan fingerprint density at radius 1 is 1.06 bits per heavy atom. The number of carbonyl (C=O) groups is 3. The minimum Gasteiger partial charge on any atom is -0.454 e. The van der Waals surface area contributed by atoms with Crippen LogP contribution in [0.4, 0.5) is 0 Å². The van der Waals surface area contributed by atoms with Crippen molar-refractivity contribution in [2.24, 2.45) is 0 Å². The number of Topliss-reactive ketones (excluding diaryl/α,β-unsaturated/α-hetero) is 1. The lowest BCUT2D eigenvalue weighted by molar-refractivity contribution is -0.145. The quantitative estimate of drug-likeness (QED) is 0.426. The fraction of sp³-hybridized carbons (Fsp3) is 0.435. The SMILES string of the molecule is CC(=O)NCc1ccc(C(=O)C(C)OC(=O)Cc2ccc(S(=O)(=O)N3CCCCC3)cc2)s1. The van der Waals surface area contributed by atoms with E-state index in [2.05, 4.69) is 5.32 Å². The van der Waals surface area contributed by atoms with Crippen molar-refractivity contribution < 1.29 is 27.5 Å². The van der Waals surface area contributed by atoms with Gasteiger partial charge < -0.3 is 10.1 Å². The zero-order chi connectivity index (χ0) is 24.0. The molecule has 3 rings (SSSR count). The van der Waals surface area contributed by atoms with Crippen molar-refractivity contribution >= 4 is 39.0 Å². The second kappa shape index (κ2) is 11.0. The van der Waals surface area contributed by atoms with Gasteiger partial charge in [0.2, 0.25) is 21.7 Å². The first-order valence-electron chi connectivity index (χ1n) is 10.8. The molecule has 1 unspecified atom stereocenters. The number of sulfonamides is 1. The van der Waals surface area contributed by atoms with Gasteiger partial charge in [-0.3, -0.25) is 14.4 Å². The lowest BCUT2D eigenvalue weighted by Crippen LogP contribution is -2.35. The summed E-state index contributed by atoms with van der Waals surface area (Å²) < 4.78 is 32.3. The number of benzene rings is 1. The molecule has 0 saturated carbocycles. The number of rotatable bonds is 9. The van der Waals surface area contributed by atoms with Gasteiger partial charge in [0.05, 0.1) is 22.7 Å². The largest absolute Gasteiger partial charge is 0.454 e. The molecule has 1 atom stereocenters. The van der Waals surface area contributed by atoms with E-state index in [0.717, 1.165) is 24.1 Å². The number of piperidine rings is 1. The molecule has 0 radical (unpaired) electrons. The molecule has 1 N–H and O–H groups in total. The third kappa shape index (κ3) is 6.72. The van der Waals surface area contributed by atoms with Crippen molar-refractivity contribution in [2.75, 3.05) is 13.1 Å². The summed E-state index contributed by atoms with van der Waals surface area (Å²) in [5, 5.41) is 2.67. The van der Waals surface area contributed by atoms with Gasteiger partial charge in [-0.15, -0.1) is 11.3 Å². The van der Waals surface area contributed by atoms with Crippen LogP contribution in [-0.4, -0.2) is 49.6 Å². The number of thiophene rings is 1. The summed E-state index contributed by atoms with van der Waals surface area (Å²) in [7, 11) is -3.52. The smallest absolute Gasteiger partial charge is 0.310 e. The van der Waals surface area contributed by atoms with Gasteiger partial charge in [-0.25, -0.2) is 8.42 Å². The number of hydrogen-bond acceptors (Lipinski definition) is 7. The highest BCUT2D eigenvalue weighted by atomic mass is 32.2. The summed E-state index contributed by atoms with van der Waals surface area (Å²) in [6.45, 7) is 4.33. The third-order valence-corrected chi connectivity index (χ3v) is 8.33. The molecule has 0 bridgehead atoms. The Bertz CT molecular complexity index is 1100. The summed E-state index contributed by atoms with van der Waals surface area (Å²) in [6, 6.07) is 9.60. The van der Waals surface area contributed by atoms with Crippen LogP contribution in [0.5, 0.6) is 0 Å². The third-order valence-electron chi connectivity index (χ3n) is 5.32. The first-order valence-corrected chi connectivity index (χ1v) is 13.1. The number of nitrogens with one attached hydrogen (secondary N) is 1. The molecule has 1 saturated heterocycles. The molecule has 1 aromatic carbocycles. The zero-order valence-electron chi connectivity index (χ0n) is 18.7. The molecular formula is C23H28N2O6S2. The molecule has 1 fully saturated rings. The number of esters is 1. The number of ether oxygens (including phenoxy) is 1. The summed E-state index contributed by atoms with van der Waals surface area (Å²) in [4.78, 5) is 37.4. The van der Waals surface area contributed by atoms with Crippen molar-refractivity contribution in [3.63, 3.8) is 0 Å². The van der Waals surface area contributed by atoms with Crippen molar-refractivity contribution in [1.29, 1.82) is 0 Å². The number of amides is 1. The molecule has 1 aromatic heterocycles. The molecule has 10 heteroatoms. The summed E-state index contributed by atoms with van der Waals surface area (Å²) in [5.41, 5.74) is 0.603. The first kappa shape index (κ1) is 25.1. The molecule has 0 aliphatic carbocycles. The lowest BCUT2D eigenvalue weighted by Gasteiger charge is -2.25. The van der Waals surface area contributed by atoms with Gasteiger partial charge in [-0.1, -0.05) is 18.6 Å². The summed E-state index contributed by atoms with van der Waals surface area (Å²) >= 11 is 1.24. The predicted molar refractivity (Wildman–Crippen MR) is 124 cm³/mol. The van der Waals surface area contributed by atoms with E-state index in [4.69, 9.17) is 4.74 Å². The van der Waals surface area contributed by atoms with E-state index in [1.54, 1.807) is 24.3 Å². The van der Waals surface area contributed by atoms with Crippen LogP contribution in [-0.2, 0) is 37.3 Å². The highest BCUT2D eigenvalue weighted by Crippen LogP contribution is 2.22. The zero-order valence-corrected chi connectivity index (χ0v) is 20.3. The Labute approximate surface area is 198 Å². The van der Waals surface area contributed by atoms with Gasteiger partial charge in [-0.05, 0) is 49.6 Å². The van der Waals surface area contributed by atoms with E-state index >= 15 is 0 Å². The van der Waals surface area contributed by atoms with Gasteiger partial charge in [0.1, 0.15) is 0 Å². The standard InChI is InChI=1S/C23H28N2O6S2/c1-16(23(28)21-11-8-19(32-21)15-24-17(2)26)31-22(27)14-18-6-9-20(10-7-18)33(29,30)25-12-4-3-5-13-25/h6-11,16H,3-5,12-15H2,1-2H3,(H,24,26). The Hall–Kier alpha value is -2.56. The summed E-state index contributed by atoms with van der Waals surface area (Å²) in [6.07, 6.45) is 1.74. The van der Waals surface area contributed by atoms with Gasteiger partial charge in [0.25, 0.3) is 0 Å². The molecule has 2 aromatic rings. The van der Waals surface area contributed by atoms with Crippen LogP contribution in [0.3, 0.4) is 0 Å². The van der Waals surface area contributed by atoms with Gasteiger partial charge in [-0.2, -0.15) is 4.31 Å². The normalized spacial score (nSPS) is 15.6. The van der Waals surface area contributed by atoms with Gasteiger partial charge in [0, 0.05) is 24.9 Å². The van der Waals surface area contributed by atoms with Crippen LogP contribution >= 0.6 is 11.3 Å². The van der Waals surface area contributed by atoms with Crippen molar-refractivity contribution in [3.8, 4) is 0 Å². The predicted octanol–water partition coefficient (Wildman–Crippen LogP) is 2.92. The van der Waals surface area contributed by atoms with E-state index in [0.29, 0.717) is 30.1 Å². The van der Waals surface area contributed by atoms with Crippen LogP contribution in [0.2, 0.25) is 0 Å². The van der Waals surface area contributed by atoms with E-state index in [1.807, 2.05) is 0 Å². The number of hydrogen-bond donors (Lipinski definition) is 1. The number of carbonyl (C=O) groups excluding carboxylic acids is 3. The van der Waals surface area contributed by atoms with Crippen LogP contribution < -0.4 is 5.32 Å². The average molecular weight is 493 g/mol. The Kier molecular flexibility index (Phi) is 8.39. The van der Waals surface area contributed by atoms with E-state index in [9.17, 15) is 22.8 Å². The fourth-order valence-electron chi connectivity index (χ4n) is 3.51. The van der Waals surface area contributed by atoms with Crippen LogP contribution in [0.15, 0.2) is 41.3 Å². The maximum absolute atomic E-state index is 12.7. The van der Waals surface area contributed by atoms with Crippen LogP contribution in [0.1, 0.15) is 53.2 Å².